The van der Waals surface area contributed by atoms with Crippen molar-refractivity contribution in [3.8, 4) is 6.07 Å². The van der Waals surface area contributed by atoms with Crippen molar-refractivity contribution in [1.82, 2.24) is 14.9 Å². The van der Waals surface area contributed by atoms with Gasteiger partial charge < -0.3 is 14.9 Å². The fourth-order valence-corrected chi connectivity index (χ4v) is 2.93. The summed E-state index contributed by atoms with van der Waals surface area (Å²) >= 11 is 0. The first-order chi connectivity index (χ1) is 12.2. The third-order valence-electron chi connectivity index (χ3n) is 4.14. The van der Waals surface area contributed by atoms with Crippen LogP contribution in [0.25, 0.3) is 0 Å². The molecule has 25 heavy (non-hydrogen) atoms. The minimum atomic E-state index is -0.712. The Kier molecular flexibility index (Phi) is 5.21. The highest BCUT2D eigenvalue weighted by Gasteiger charge is 2.26. The summed E-state index contributed by atoms with van der Waals surface area (Å²) in [5, 5.41) is 19.5. The van der Waals surface area contributed by atoms with E-state index in [2.05, 4.69) is 9.97 Å². The van der Waals surface area contributed by atoms with E-state index in [9.17, 15) is 15.2 Å². The lowest BCUT2D eigenvalue weighted by Crippen LogP contribution is -2.38. The summed E-state index contributed by atoms with van der Waals surface area (Å²) in [7, 11) is 0. The van der Waals surface area contributed by atoms with Gasteiger partial charge in [0, 0.05) is 38.6 Å². The van der Waals surface area contributed by atoms with Gasteiger partial charge in [-0.15, -0.1) is 0 Å². The maximum absolute atomic E-state index is 12.5. The third-order valence-corrected chi connectivity index (χ3v) is 4.14. The molecule has 1 amide bonds. The summed E-state index contributed by atoms with van der Waals surface area (Å²) in [4.78, 5) is 24.3. The second kappa shape index (κ2) is 7.73. The lowest BCUT2D eigenvalue weighted by Gasteiger charge is -2.23. The molecule has 0 saturated carbocycles. The van der Waals surface area contributed by atoms with Gasteiger partial charge in [0.25, 0.3) is 0 Å². The average molecular weight is 337 g/mol. The Hall–Kier alpha value is -2.98. The molecule has 1 N–H and O–H groups in total. The van der Waals surface area contributed by atoms with Crippen LogP contribution in [0.1, 0.15) is 11.3 Å². The summed E-state index contributed by atoms with van der Waals surface area (Å²) in [6, 6.07) is 11.6. The fraction of sp³-hybridized carbons (Fsp3) is 0.333. The lowest BCUT2D eigenvalue weighted by molar-refractivity contribution is -0.131. The molecule has 2 aromatic rings. The fourth-order valence-electron chi connectivity index (χ4n) is 2.93. The van der Waals surface area contributed by atoms with Crippen LogP contribution >= 0.6 is 0 Å². The first-order valence-corrected chi connectivity index (χ1v) is 8.13. The van der Waals surface area contributed by atoms with Gasteiger partial charge in [0.1, 0.15) is 6.07 Å². The van der Waals surface area contributed by atoms with Gasteiger partial charge in [0.2, 0.25) is 5.91 Å². The minimum Gasteiger partial charge on any atom is -0.389 e. The second-order valence-corrected chi connectivity index (χ2v) is 5.94. The molecule has 3 rings (SSSR count). The zero-order chi connectivity index (χ0) is 17.6. The van der Waals surface area contributed by atoms with Crippen LogP contribution in [0.5, 0.6) is 0 Å². The van der Waals surface area contributed by atoms with Crippen molar-refractivity contribution in [3.05, 3.63) is 54.0 Å². The van der Waals surface area contributed by atoms with E-state index >= 15 is 0 Å². The Balaban J connectivity index is 1.71. The van der Waals surface area contributed by atoms with Crippen molar-refractivity contribution in [2.75, 3.05) is 31.1 Å². The third kappa shape index (κ3) is 4.11. The van der Waals surface area contributed by atoms with Gasteiger partial charge in [-0.25, -0.2) is 9.97 Å². The number of nitrogens with zero attached hydrogens (tertiary/aromatic N) is 5. The van der Waals surface area contributed by atoms with E-state index in [1.54, 1.807) is 4.90 Å². The molecular weight excluding hydrogens is 318 g/mol. The number of aromatic nitrogens is 2. The topological polar surface area (TPSA) is 93.4 Å². The number of aliphatic hydroxyl groups is 1. The predicted octanol–water partition coefficient (Wildman–Crippen LogP) is 0.600. The molecule has 1 aromatic heterocycles. The van der Waals surface area contributed by atoms with E-state index in [0.717, 1.165) is 5.56 Å². The van der Waals surface area contributed by atoms with Gasteiger partial charge in [-0.2, -0.15) is 5.26 Å². The number of benzene rings is 1. The van der Waals surface area contributed by atoms with Crippen molar-refractivity contribution in [3.63, 3.8) is 0 Å². The largest absolute Gasteiger partial charge is 0.389 e. The van der Waals surface area contributed by atoms with Crippen LogP contribution in [-0.4, -0.2) is 58.2 Å². The summed E-state index contributed by atoms with van der Waals surface area (Å²) in [6.45, 7) is 1.53. The van der Waals surface area contributed by atoms with Gasteiger partial charge in [-0.3, -0.25) is 4.79 Å². The number of carbonyl (C=O) groups excluding carboxylic acids is 1. The molecule has 7 heteroatoms. The Labute approximate surface area is 146 Å². The standard InChI is InChI=1S/C18H19N5O2/c19-11-16-18(21-7-6-20-16)23-9-8-22(12-15(24)13-23)17(25)10-14-4-2-1-3-5-14/h1-7,15,24H,8-10,12-13H2/t15-/m1/s1. The van der Waals surface area contributed by atoms with Gasteiger partial charge in [-0.1, -0.05) is 30.3 Å². The molecule has 0 aliphatic carbocycles. The van der Waals surface area contributed by atoms with E-state index in [1.807, 2.05) is 41.3 Å². The van der Waals surface area contributed by atoms with Crippen LogP contribution < -0.4 is 4.90 Å². The van der Waals surface area contributed by atoms with Crippen molar-refractivity contribution < 1.29 is 9.90 Å². The Bertz CT molecular complexity index is 775. The first-order valence-electron chi connectivity index (χ1n) is 8.13. The van der Waals surface area contributed by atoms with Crippen LogP contribution in [0.4, 0.5) is 5.82 Å². The molecule has 0 unspecified atom stereocenters. The number of rotatable bonds is 3. The van der Waals surface area contributed by atoms with E-state index in [4.69, 9.17) is 0 Å². The molecule has 1 aliphatic heterocycles. The number of aliphatic hydroxyl groups excluding tert-OH is 1. The molecule has 128 valence electrons. The number of nitriles is 1. The molecule has 1 aromatic carbocycles. The molecular formula is C18H19N5O2. The highest BCUT2D eigenvalue weighted by molar-refractivity contribution is 5.79. The number of hydrogen-bond acceptors (Lipinski definition) is 6. The minimum absolute atomic E-state index is 0.0215. The average Bonchev–Trinajstić information content (AvgIpc) is 2.84. The van der Waals surface area contributed by atoms with Crippen LogP contribution in [0, 0.1) is 11.3 Å². The van der Waals surface area contributed by atoms with Gasteiger partial charge in [0.05, 0.1) is 12.5 Å². The normalized spacial score (nSPS) is 17.7. The maximum Gasteiger partial charge on any atom is 0.227 e. The van der Waals surface area contributed by atoms with Crippen LogP contribution in [0.3, 0.4) is 0 Å². The van der Waals surface area contributed by atoms with Crippen LogP contribution in [-0.2, 0) is 11.2 Å². The number of carbonyl (C=O) groups is 1. The number of β-amino-alcohol motifs (C(OH)–C–C–N with tert-alkyl or cyclic N) is 1. The quantitative estimate of drug-likeness (QED) is 0.882. The zero-order valence-corrected chi connectivity index (χ0v) is 13.7. The number of anilines is 1. The summed E-state index contributed by atoms with van der Waals surface area (Å²) in [5.41, 5.74) is 1.17. The highest BCUT2D eigenvalue weighted by Crippen LogP contribution is 2.17. The molecule has 1 aliphatic rings. The first kappa shape index (κ1) is 16.9. The van der Waals surface area contributed by atoms with Crippen molar-refractivity contribution in [1.29, 1.82) is 5.26 Å². The van der Waals surface area contributed by atoms with E-state index in [0.29, 0.717) is 31.9 Å². The summed E-state index contributed by atoms with van der Waals surface area (Å²) in [5.74, 6) is 0.424. The summed E-state index contributed by atoms with van der Waals surface area (Å²) in [6.07, 6.45) is 2.58. The monoisotopic (exact) mass is 337 g/mol. The molecule has 2 heterocycles. The molecule has 7 nitrogen and oxygen atoms in total. The van der Waals surface area contributed by atoms with E-state index in [-0.39, 0.29) is 18.1 Å². The SMILES string of the molecule is N#Cc1nccnc1N1CCN(C(=O)Cc2ccccc2)C[C@@H](O)C1. The number of hydrogen-bond donors (Lipinski definition) is 1. The molecule has 1 fully saturated rings. The smallest absolute Gasteiger partial charge is 0.227 e. The van der Waals surface area contributed by atoms with Crippen LogP contribution in [0.15, 0.2) is 42.7 Å². The molecule has 0 bridgehead atoms. The predicted molar refractivity (Wildman–Crippen MR) is 91.7 cm³/mol. The molecule has 0 radical (unpaired) electrons. The van der Waals surface area contributed by atoms with Gasteiger partial charge in [-0.05, 0) is 5.56 Å². The Morgan fingerprint density at radius 2 is 1.96 bits per heavy atom. The van der Waals surface area contributed by atoms with Gasteiger partial charge >= 0.3 is 0 Å². The van der Waals surface area contributed by atoms with Crippen molar-refractivity contribution >= 4 is 11.7 Å². The summed E-state index contributed by atoms with van der Waals surface area (Å²) < 4.78 is 0. The highest BCUT2D eigenvalue weighted by atomic mass is 16.3. The van der Waals surface area contributed by atoms with Gasteiger partial charge in [0.15, 0.2) is 11.5 Å². The molecule has 1 saturated heterocycles. The van der Waals surface area contributed by atoms with E-state index < -0.39 is 6.10 Å². The Morgan fingerprint density at radius 1 is 1.20 bits per heavy atom. The maximum atomic E-state index is 12.5. The van der Waals surface area contributed by atoms with Crippen molar-refractivity contribution in [2.24, 2.45) is 0 Å². The zero-order valence-electron chi connectivity index (χ0n) is 13.7. The molecule has 0 spiro atoms. The van der Waals surface area contributed by atoms with Crippen molar-refractivity contribution in [2.45, 2.75) is 12.5 Å². The molecule has 1 atom stereocenters. The van der Waals surface area contributed by atoms with Crippen LogP contribution in [0.2, 0.25) is 0 Å². The number of amides is 1. The lowest BCUT2D eigenvalue weighted by atomic mass is 10.1. The Morgan fingerprint density at radius 3 is 2.72 bits per heavy atom. The van der Waals surface area contributed by atoms with E-state index in [1.165, 1.54) is 12.4 Å². The second-order valence-electron chi connectivity index (χ2n) is 5.94.